The minimum absolute atomic E-state index is 0.0318. The standard InChI is InChI=1S/C17H24N4O7S2/c1-19(30(2,26)27)7-8-20(16(22)15-9-14(29)10-18-15)17(23)28-11-12-3-5-13(6-4-12)21(24)25/h3-6,14-15,18,29H,7-11H2,1-2H3/t14-,15-/m0/s1. The van der Waals surface area contributed by atoms with E-state index in [1.165, 1.54) is 31.3 Å². The van der Waals surface area contributed by atoms with Crippen molar-refractivity contribution in [1.29, 1.82) is 0 Å². The van der Waals surface area contributed by atoms with Gasteiger partial charge in [-0.05, 0) is 24.1 Å². The molecule has 0 aliphatic carbocycles. The van der Waals surface area contributed by atoms with Gasteiger partial charge in [-0.15, -0.1) is 0 Å². The number of amides is 2. The normalized spacial score (nSPS) is 18.9. The van der Waals surface area contributed by atoms with E-state index in [1.54, 1.807) is 0 Å². The third-order valence-corrected chi connectivity index (χ3v) is 6.31. The highest BCUT2D eigenvalue weighted by Crippen LogP contribution is 2.16. The van der Waals surface area contributed by atoms with Crippen molar-refractivity contribution >= 4 is 40.3 Å². The second-order valence-electron chi connectivity index (χ2n) is 6.90. The summed E-state index contributed by atoms with van der Waals surface area (Å²) in [5.41, 5.74) is 0.406. The van der Waals surface area contributed by atoms with Gasteiger partial charge in [-0.25, -0.2) is 22.4 Å². The van der Waals surface area contributed by atoms with Crippen molar-refractivity contribution in [2.24, 2.45) is 0 Å². The van der Waals surface area contributed by atoms with Gasteiger partial charge in [0.15, 0.2) is 0 Å². The second kappa shape index (κ2) is 10.2. The van der Waals surface area contributed by atoms with Crippen molar-refractivity contribution in [3.05, 3.63) is 39.9 Å². The lowest BCUT2D eigenvalue weighted by atomic mass is 10.2. The molecule has 2 atom stereocenters. The summed E-state index contributed by atoms with van der Waals surface area (Å²) >= 11 is 4.32. The Labute approximate surface area is 180 Å². The van der Waals surface area contributed by atoms with E-state index in [1.807, 2.05) is 0 Å². The lowest BCUT2D eigenvalue weighted by molar-refractivity contribution is -0.384. The second-order valence-corrected chi connectivity index (χ2v) is 9.72. The number of likely N-dealkylation sites (N-methyl/N-ethyl adjacent to an activating group) is 1. The molecule has 0 saturated carbocycles. The van der Waals surface area contributed by atoms with Crippen molar-refractivity contribution in [2.75, 3.05) is 32.9 Å². The first-order chi connectivity index (χ1) is 14.0. The van der Waals surface area contributed by atoms with Crippen LogP contribution in [0.5, 0.6) is 0 Å². The van der Waals surface area contributed by atoms with Crippen LogP contribution in [0.15, 0.2) is 24.3 Å². The van der Waals surface area contributed by atoms with Gasteiger partial charge in [0.2, 0.25) is 15.9 Å². The molecule has 0 radical (unpaired) electrons. The van der Waals surface area contributed by atoms with Crippen LogP contribution in [-0.4, -0.2) is 78.8 Å². The largest absolute Gasteiger partial charge is 0.444 e. The number of rotatable bonds is 8. The first kappa shape index (κ1) is 24.1. The van der Waals surface area contributed by atoms with Crippen LogP contribution in [0.25, 0.3) is 0 Å². The molecule has 1 fully saturated rings. The maximum absolute atomic E-state index is 12.8. The van der Waals surface area contributed by atoms with Gasteiger partial charge in [0.1, 0.15) is 6.61 Å². The van der Waals surface area contributed by atoms with Crippen molar-refractivity contribution in [3.8, 4) is 0 Å². The number of nitrogens with zero attached hydrogens (tertiary/aromatic N) is 3. The Morgan fingerprint density at radius 1 is 1.30 bits per heavy atom. The number of nitro groups is 1. The van der Waals surface area contributed by atoms with Gasteiger partial charge in [-0.3, -0.25) is 14.9 Å². The Morgan fingerprint density at radius 2 is 1.93 bits per heavy atom. The highest BCUT2D eigenvalue weighted by atomic mass is 32.2. The number of carbonyl (C=O) groups is 2. The summed E-state index contributed by atoms with van der Waals surface area (Å²) < 4.78 is 29.4. The number of hydrogen-bond donors (Lipinski definition) is 2. The average Bonchev–Trinajstić information content (AvgIpc) is 3.12. The SMILES string of the molecule is CN(CCN(C(=O)OCc1ccc([N+](=O)[O-])cc1)C(=O)[C@@H]1C[C@H](S)CN1)S(C)(=O)=O. The van der Waals surface area contributed by atoms with Crippen molar-refractivity contribution in [1.82, 2.24) is 14.5 Å². The molecule has 0 bridgehead atoms. The smallest absolute Gasteiger partial charge is 0.416 e. The highest BCUT2D eigenvalue weighted by Gasteiger charge is 2.34. The molecule has 11 nitrogen and oxygen atoms in total. The molecule has 1 aliphatic rings. The van der Waals surface area contributed by atoms with Crippen LogP contribution in [0.2, 0.25) is 0 Å². The van der Waals surface area contributed by atoms with Gasteiger partial charge in [0.25, 0.3) is 5.69 Å². The van der Waals surface area contributed by atoms with Crippen LogP contribution in [0.3, 0.4) is 0 Å². The lowest BCUT2D eigenvalue weighted by Crippen LogP contribution is -2.49. The fraction of sp³-hybridized carbons (Fsp3) is 0.529. The van der Waals surface area contributed by atoms with Gasteiger partial charge >= 0.3 is 6.09 Å². The number of imide groups is 1. The predicted molar refractivity (Wildman–Crippen MR) is 112 cm³/mol. The molecule has 1 saturated heterocycles. The highest BCUT2D eigenvalue weighted by molar-refractivity contribution is 7.88. The van der Waals surface area contributed by atoms with E-state index in [0.717, 1.165) is 15.5 Å². The molecule has 0 aromatic heterocycles. The molecule has 166 valence electrons. The Hall–Kier alpha value is -2.22. The van der Waals surface area contributed by atoms with E-state index in [2.05, 4.69) is 17.9 Å². The van der Waals surface area contributed by atoms with E-state index in [9.17, 15) is 28.1 Å². The first-order valence-electron chi connectivity index (χ1n) is 9.03. The number of carbonyl (C=O) groups excluding carboxylic acids is 2. The van der Waals surface area contributed by atoms with E-state index in [-0.39, 0.29) is 30.6 Å². The van der Waals surface area contributed by atoms with Gasteiger partial charge in [0, 0.05) is 44.1 Å². The summed E-state index contributed by atoms with van der Waals surface area (Å²) in [6.07, 6.45) is 0.524. The molecule has 2 rings (SSSR count). The molecule has 1 aromatic rings. The number of ether oxygens (including phenoxy) is 1. The van der Waals surface area contributed by atoms with Crippen molar-refractivity contribution in [2.45, 2.75) is 24.3 Å². The van der Waals surface area contributed by atoms with Gasteiger partial charge in [0.05, 0.1) is 17.2 Å². The molecule has 1 aliphatic heterocycles. The quantitative estimate of drug-likeness (QED) is 0.327. The minimum Gasteiger partial charge on any atom is -0.444 e. The molecular weight excluding hydrogens is 436 g/mol. The Kier molecular flexibility index (Phi) is 8.18. The zero-order valence-electron chi connectivity index (χ0n) is 16.6. The number of benzene rings is 1. The minimum atomic E-state index is -3.48. The number of sulfonamides is 1. The molecule has 2 amide bonds. The predicted octanol–water partition coefficient (Wildman–Crippen LogP) is 0.612. The number of nitrogens with one attached hydrogen (secondary N) is 1. The Balaban J connectivity index is 2.06. The summed E-state index contributed by atoms with van der Waals surface area (Å²) in [6.45, 7) is 0.0371. The summed E-state index contributed by atoms with van der Waals surface area (Å²) in [4.78, 5) is 36.4. The molecular formula is C17H24N4O7S2. The fourth-order valence-electron chi connectivity index (χ4n) is 2.73. The van der Waals surface area contributed by atoms with Crippen LogP contribution in [0.1, 0.15) is 12.0 Å². The average molecular weight is 461 g/mol. The summed E-state index contributed by atoms with van der Waals surface area (Å²) in [6, 6.07) is 4.83. The number of hydrogen-bond acceptors (Lipinski definition) is 9. The van der Waals surface area contributed by atoms with Crippen LogP contribution < -0.4 is 5.32 Å². The number of nitro benzene ring substituents is 1. The number of thiol groups is 1. The molecule has 1 N–H and O–H groups in total. The van der Waals surface area contributed by atoms with Crippen LogP contribution in [-0.2, 0) is 26.2 Å². The number of non-ortho nitro benzene ring substituents is 1. The fourth-order valence-corrected chi connectivity index (χ4v) is 3.46. The molecule has 1 aromatic carbocycles. The van der Waals surface area contributed by atoms with E-state index in [4.69, 9.17) is 4.74 Å². The van der Waals surface area contributed by atoms with Crippen LogP contribution in [0, 0.1) is 10.1 Å². The van der Waals surface area contributed by atoms with Crippen LogP contribution in [0.4, 0.5) is 10.5 Å². The molecule has 0 spiro atoms. The molecule has 30 heavy (non-hydrogen) atoms. The lowest BCUT2D eigenvalue weighted by Gasteiger charge is -2.25. The van der Waals surface area contributed by atoms with Crippen molar-refractivity contribution in [3.63, 3.8) is 0 Å². The molecule has 13 heteroatoms. The van der Waals surface area contributed by atoms with Gasteiger partial charge < -0.3 is 10.1 Å². The molecule has 0 unspecified atom stereocenters. The third kappa shape index (κ3) is 6.65. The summed E-state index contributed by atoms with van der Waals surface area (Å²) in [5.74, 6) is -0.526. The monoisotopic (exact) mass is 460 g/mol. The van der Waals surface area contributed by atoms with E-state index < -0.39 is 33.0 Å². The summed E-state index contributed by atoms with van der Waals surface area (Å²) in [7, 11) is -2.14. The Morgan fingerprint density at radius 3 is 2.43 bits per heavy atom. The zero-order valence-corrected chi connectivity index (χ0v) is 18.3. The van der Waals surface area contributed by atoms with Gasteiger partial charge in [-0.1, -0.05) is 0 Å². The summed E-state index contributed by atoms with van der Waals surface area (Å²) in [5, 5.41) is 13.7. The maximum atomic E-state index is 12.8. The van der Waals surface area contributed by atoms with E-state index >= 15 is 0 Å². The zero-order chi connectivity index (χ0) is 22.5. The van der Waals surface area contributed by atoms with Gasteiger partial charge in [-0.2, -0.15) is 12.6 Å². The maximum Gasteiger partial charge on any atom is 0.416 e. The van der Waals surface area contributed by atoms with E-state index in [0.29, 0.717) is 18.5 Å². The van der Waals surface area contributed by atoms with Crippen molar-refractivity contribution < 1.29 is 27.7 Å². The van der Waals surface area contributed by atoms with Crippen LogP contribution >= 0.6 is 12.6 Å². The first-order valence-corrected chi connectivity index (χ1v) is 11.4. The third-order valence-electron chi connectivity index (χ3n) is 4.61. The Bertz CT molecular complexity index is 892. The molecule has 1 heterocycles. The topological polar surface area (TPSA) is 139 Å².